The van der Waals surface area contributed by atoms with Crippen LogP contribution < -0.4 is 0 Å². The van der Waals surface area contributed by atoms with Gasteiger partial charge in [0.15, 0.2) is 0 Å². The molecular weight excluding hydrogens is 328 g/mol. The van der Waals surface area contributed by atoms with Crippen molar-refractivity contribution in [2.75, 3.05) is 7.11 Å². The zero-order chi connectivity index (χ0) is 17.3. The molecule has 3 rings (SSSR count). The van der Waals surface area contributed by atoms with Crippen molar-refractivity contribution in [3.05, 3.63) is 47.9 Å². The van der Waals surface area contributed by atoms with Crippen molar-refractivity contribution in [2.45, 2.75) is 12.8 Å². The Labute approximate surface area is 144 Å². The number of aryl methyl sites for hydroxylation is 1. The topological polar surface area (TPSA) is 61.9 Å². The number of fused-ring (bicyclic) bond motifs is 1. The van der Waals surface area contributed by atoms with Gasteiger partial charge in [-0.25, -0.2) is 4.68 Å². The molecule has 0 spiro atoms. The van der Waals surface area contributed by atoms with Crippen LogP contribution in [0.2, 0.25) is 5.02 Å². The summed E-state index contributed by atoms with van der Waals surface area (Å²) in [6.07, 6.45) is 6.14. The Bertz CT molecular complexity index is 926. The minimum Gasteiger partial charge on any atom is -0.469 e. The summed E-state index contributed by atoms with van der Waals surface area (Å²) < 4.78 is 8.19. The van der Waals surface area contributed by atoms with E-state index < -0.39 is 0 Å². The van der Waals surface area contributed by atoms with E-state index in [4.69, 9.17) is 11.6 Å². The lowest BCUT2D eigenvalue weighted by molar-refractivity contribution is -0.140. The van der Waals surface area contributed by atoms with E-state index >= 15 is 0 Å². The standard InChI is InChI=1S/C17H17ClN4O2/c1-11(4-5-17(23)24-3)14-7-16-12(6-15(14)18)8-20-22(16)13-9-19-21(2)10-13/h6-10H,1,4-5H2,2-3H3. The van der Waals surface area contributed by atoms with E-state index in [1.54, 1.807) is 21.8 Å². The first-order valence-corrected chi connectivity index (χ1v) is 7.78. The predicted molar refractivity (Wildman–Crippen MR) is 93.1 cm³/mol. The molecule has 0 amide bonds. The SMILES string of the molecule is C=C(CCC(=O)OC)c1cc2c(cnn2-c2cnn(C)c2)cc1Cl. The highest BCUT2D eigenvalue weighted by atomic mass is 35.5. The van der Waals surface area contributed by atoms with Gasteiger partial charge in [0.25, 0.3) is 0 Å². The second-order valence-electron chi connectivity index (χ2n) is 5.50. The van der Waals surface area contributed by atoms with Crippen molar-refractivity contribution in [3.63, 3.8) is 0 Å². The van der Waals surface area contributed by atoms with Gasteiger partial charge in [-0.2, -0.15) is 10.2 Å². The maximum Gasteiger partial charge on any atom is 0.305 e. The summed E-state index contributed by atoms with van der Waals surface area (Å²) in [5.41, 5.74) is 3.35. The second-order valence-corrected chi connectivity index (χ2v) is 5.91. The summed E-state index contributed by atoms with van der Waals surface area (Å²) in [4.78, 5) is 11.3. The van der Waals surface area contributed by atoms with Crippen LogP contribution in [0, 0.1) is 0 Å². The van der Waals surface area contributed by atoms with Crippen molar-refractivity contribution in [2.24, 2.45) is 7.05 Å². The van der Waals surface area contributed by atoms with E-state index in [0.717, 1.165) is 27.7 Å². The first-order chi connectivity index (χ1) is 11.5. The first kappa shape index (κ1) is 16.3. The molecule has 0 saturated carbocycles. The molecule has 0 saturated heterocycles. The maximum absolute atomic E-state index is 11.3. The Hall–Kier alpha value is -2.60. The van der Waals surface area contributed by atoms with Crippen molar-refractivity contribution in [1.29, 1.82) is 0 Å². The van der Waals surface area contributed by atoms with Crippen molar-refractivity contribution in [3.8, 4) is 5.69 Å². The minimum atomic E-state index is -0.270. The molecule has 0 radical (unpaired) electrons. The van der Waals surface area contributed by atoms with Gasteiger partial charge in [0.1, 0.15) is 5.69 Å². The van der Waals surface area contributed by atoms with Crippen LogP contribution in [-0.4, -0.2) is 32.6 Å². The van der Waals surface area contributed by atoms with Crippen molar-refractivity contribution < 1.29 is 9.53 Å². The lowest BCUT2D eigenvalue weighted by Crippen LogP contribution is -2.00. The number of hydrogen-bond acceptors (Lipinski definition) is 4. The van der Waals surface area contributed by atoms with Crippen LogP contribution in [0.25, 0.3) is 22.2 Å². The van der Waals surface area contributed by atoms with Gasteiger partial charge < -0.3 is 4.74 Å². The summed E-state index contributed by atoms with van der Waals surface area (Å²) in [6.45, 7) is 4.05. The zero-order valence-electron chi connectivity index (χ0n) is 13.5. The third-order valence-corrected chi connectivity index (χ3v) is 4.14. The summed E-state index contributed by atoms with van der Waals surface area (Å²) >= 11 is 6.38. The Kier molecular flexibility index (Phi) is 4.40. The van der Waals surface area contributed by atoms with Gasteiger partial charge in [-0.3, -0.25) is 9.48 Å². The molecule has 2 aromatic heterocycles. The van der Waals surface area contributed by atoms with Crippen LogP contribution >= 0.6 is 11.6 Å². The fourth-order valence-electron chi connectivity index (χ4n) is 2.53. The molecule has 6 nitrogen and oxygen atoms in total. The van der Waals surface area contributed by atoms with Gasteiger partial charge in [-0.15, -0.1) is 0 Å². The quantitative estimate of drug-likeness (QED) is 0.666. The first-order valence-electron chi connectivity index (χ1n) is 7.41. The second kappa shape index (κ2) is 6.49. The molecule has 2 heterocycles. The average Bonchev–Trinajstić information content (AvgIpc) is 3.16. The predicted octanol–water partition coefficient (Wildman–Crippen LogP) is 3.38. The molecule has 0 fully saturated rings. The number of allylic oxidation sites excluding steroid dienone is 1. The third kappa shape index (κ3) is 3.05. The van der Waals surface area contributed by atoms with Gasteiger partial charge in [-0.05, 0) is 29.7 Å². The molecule has 3 aromatic rings. The molecule has 124 valence electrons. The molecular formula is C17H17ClN4O2. The monoisotopic (exact) mass is 344 g/mol. The minimum absolute atomic E-state index is 0.269. The lowest BCUT2D eigenvalue weighted by Gasteiger charge is -2.09. The normalized spacial score (nSPS) is 11.0. The molecule has 0 atom stereocenters. The number of benzene rings is 1. The fraction of sp³-hybridized carbons (Fsp3) is 0.235. The summed E-state index contributed by atoms with van der Waals surface area (Å²) in [6, 6.07) is 3.80. The van der Waals surface area contributed by atoms with E-state index in [1.165, 1.54) is 7.11 Å². The number of methoxy groups -OCH3 is 1. The van der Waals surface area contributed by atoms with E-state index in [9.17, 15) is 4.79 Å². The van der Waals surface area contributed by atoms with Crippen molar-refractivity contribution in [1.82, 2.24) is 19.6 Å². The number of carbonyl (C=O) groups is 1. The molecule has 0 unspecified atom stereocenters. The zero-order valence-corrected chi connectivity index (χ0v) is 14.2. The van der Waals surface area contributed by atoms with Crippen LogP contribution in [0.5, 0.6) is 0 Å². The molecule has 7 heteroatoms. The smallest absolute Gasteiger partial charge is 0.305 e. The van der Waals surface area contributed by atoms with Gasteiger partial charge in [0, 0.05) is 23.9 Å². The van der Waals surface area contributed by atoms with Crippen LogP contribution in [0.4, 0.5) is 0 Å². The molecule has 0 aliphatic carbocycles. The number of esters is 1. The molecule has 0 aliphatic rings. The Morgan fingerprint density at radius 2 is 2.08 bits per heavy atom. The summed E-state index contributed by atoms with van der Waals surface area (Å²) in [5, 5.41) is 10.1. The molecule has 24 heavy (non-hydrogen) atoms. The third-order valence-electron chi connectivity index (χ3n) is 3.83. The molecule has 0 bridgehead atoms. The van der Waals surface area contributed by atoms with E-state index in [0.29, 0.717) is 11.4 Å². The maximum atomic E-state index is 11.3. The van der Waals surface area contributed by atoms with Crippen LogP contribution in [-0.2, 0) is 16.6 Å². The summed E-state index contributed by atoms with van der Waals surface area (Å²) in [7, 11) is 3.22. The van der Waals surface area contributed by atoms with E-state index in [1.807, 2.05) is 25.4 Å². The molecule has 1 aromatic carbocycles. The van der Waals surface area contributed by atoms with Crippen LogP contribution in [0.1, 0.15) is 18.4 Å². The van der Waals surface area contributed by atoms with Gasteiger partial charge in [-0.1, -0.05) is 18.2 Å². The van der Waals surface area contributed by atoms with Crippen LogP contribution in [0.3, 0.4) is 0 Å². The number of nitrogens with zero attached hydrogens (tertiary/aromatic N) is 4. The highest BCUT2D eigenvalue weighted by molar-refractivity contribution is 6.33. The Balaban J connectivity index is 1.98. The van der Waals surface area contributed by atoms with Crippen molar-refractivity contribution >= 4 is 34.0 Å². The Morgan fingerprint density at radius 3 is 2.75 bits per heavy atom. The number of rotatable bonds is 5. The lowest BCUT2D eigenvalue weighted by atomic mass is 10.0. The number of hydrogen-bond donors (Lipinski definition) is 0. The van der Waals surface area contributed by atoms with Crippen LogP contribution in [0.15, 0.2) is 37.3 Å². The molecule has 0 aliphatic heterocycles. The number of halogens is 1. The number of aromatic nitrogens is 4. The summed E-state index contributed by atoms with van der Waals surface area (Å²) in [5.74, 6) is -0.270. The highest BCUT2D eigenvalue weighted by Crippen LogP contribution is 2.31. The Morgan fingerprint density at radius 1 is 1.29 bits per heavy atom. The van der Waals surface area contributed by atoms with E-state index in [-0.39, 0.29) is 12.4 Å². The van der Waals surface area contributed by atoms with Gasteiger partial charge >= 0.3 is 5.97 Å². The number of carbonyl (C=O) groups excluding carboxylic acids is 1. The van der Waals surface area contributed by atoms with Gasteiger partial charge in [0.2, 0.25) is 0 Å². The van der Waals surface area contributed by atoms with E-state index in [2.05, 4.69) is 21.5 Å². The average molecular weight is 345 g/mol. The van der Waals surface area contributed by atoms with Gasteiger partial charge in [0.05, 0.1) is 31.2 Å². The fourth-order valence-corrected chi connectivity index (χ4v) is 2.84. The number of ether oxygens (including phenoxy) is 1. The highest BCUT2D eigenvalue weighted by Gasteiger charge is 2.13. The largest absolute Gasteiger partial charge is 0.469 e. The molecule has 0 N–H and O–H groups in total.